The van der Waals surface area contributed by atoms with Gasteiger partial charge in [-0.2, -0.15) is 4.98 Å². The summed E-state index contributed by atoms with van der Waals surface area (Å²) in [7, 11) is 0. The van der Waals surface area contributed by atoms with Crippen LogP contribution in [0, 0.1) is 6.92 Å². The molecule has 2 rings (SSSR count). The van der Waals surface area contributed by atoms with Gasteiger partial charge in [-0.3, -0.25) is 0 Å². The van der Waals surface area contributed by atoms with E-state index in [9.17, 15) is 4.79 Å². The summed E-state index contributed by atoms with van der Waals surface area (Å²) in [6, 6.07) is 7.30. The SMILES string of the molecule is CCNC(=O)Nc1ccccc1Cc1nc(C)no1. The van der Waals surface area contributed by atoms with Crippen LogP contribution in [0.5, 0.6) is 0 Å². The molecular formula is C13H16N4O2. The second kappa shape index (κ2) is 5.99. The first kappa shape index (κ1) is 13.1. The largest absolute Gasteiger partial charge is 0.339 e. The van der Waals surface area contributed by atoms with Gasteiger partial charge in [0, 0.05) is 12.2 Å². The van der Waals surface area contributed by atoms with Crippen LogP contribution >= 0.6 is 0 Å². The van der Waals surface area contributed by atoms with Crippen molar-refractivity contribution in [1.82, 2.24) is 15.5 Å². The molecule has 0 saturated heterocycles. The number of carbonyl (C=O) groups is 1. The van der Waals surface area contributed by atoms with Crippen molar-refractivity contribution in [2.45, 2.75) is 20.3 Å². The fourth-order valence-corrected chi connectivity index (χ4v) is 1.70. The van der Waals surface area contributed by atoms with Gasteiger partial charge in [-0.1, -0.05) is 23.4 Å². The number of carbonyl (C=O) groups excluding carboxylic acids is 1. The second-order valence-corrected chi connectivity index (χ2v) is 4.05. The number of hydrogen-bond donors (Lipinski definition) is 2. The zero-order chi connectivity index (χ0) is 13.7. The maximum atomic E-state index is 11.5. The summed E-state index contributed by atoms with van der Waals surface area (Å²) in [6.07, 6.45) is 0.490. The number of benzene rings is 1. The molecule has 0 aliphatic carbocycles. The molecule has 0 fully saturated rings. The Balaban J connectivity index is 2.14. The highest BCUT2D eigenvalue weighted by molar-refractivity contribution is 5.90. The van der Waals surface area contributed by atoms with E-state index in [1.807, 2.05) is 31.2 Å². The number of hydrogen-bond acceptors (Lipinski definition) is 4. The minimum atomic E-state index is -0.225. The van der Waals surface area contributed by atoms with Gasteiger partial charge in [0.1, 0.15) is 0 Å². The number of aryl methyl sites for hydroxylation is 1. The first-order valence-electron chi connectivity index (χ1n) is 6.11. The van der Waals surface area contributed by atoms with Crippen molar-refractivity contribution in [1.29, 1.82) is 0 Å². The first-order valence-corrected chi connectivity index (χ1v) is 6.11. The molecule has 2 aromatic rings. The number of aromatic nitrogens is 2. The molecule has 0 atom stereocenters. The minimum Gasteiger partial charge on any atom is -0.339 e. The third-order valence-corrected chi connectivity index (χ3v) is 2.51. The lowest BCUT2D eigenvalue weighted by Gasteiger charge is -2.09. The van der Waals surface area contributed by atoms with Gasteiger partial charge in [0.05, 0.1) is 6.42 Å². The summed E-state index contributed by atoms with van der Waals surface area (Å²) >= 11 is 0. The maximum absolute atomic E-state index is 11.5. The monoisotopic (exact) mass is 260 g/mol. The average molecular weight is 260 g/mol. The highest BCUT2D eigenvalue weighted by Gasteiger charge is 2.09. The van der Waals surface area contributed by atoms with Gasteiger partial charge in [0.2, 0.25) is 5.89 Å². The molecule has 100 valence electrons. The van der Waals surface area contributed by atoms with Crippen LogP contribution in [0.25, 0.3) is 0 Å². The third-order valence-electron chi connectivity index (χ3n) is 2.51. The van der Waals surface area contributed by atoms with E-state index in [1.54, 1.807) is 6.92 Å². The molecule has 6 nitrogen and oxygen atoms in total. The zero-order valence-corrected chi connectivity index (χ0v) is 10.9. The molecule has 0 unspecified atom stereocenters. The second-order valence-electron chi connectivity index (χ2n) is 4.05. The van der Waals surface area contributed by atoms with Crippen LogP contribution in [-0.4, -0.2) is 22.7 Å². The normalized spacial score (nSPS) is 10.2. The molecule has 0 bridgehead atoms. The van der Waals surface area contributed by atoms with Crippen molar-refractivity contribution in [2.75, 3.05) is 11.9 Å². The molecule has 1 aromatic heterocycles. The number of nitrogens with one attached hydrogen (secondary N) is 2. The number of para-hydroxylation sites is 1. The predicted octanol–water partition coefficient (Wildman–Crippen LogP) is 2.11. The van der Waals surface area contributed by atoms with Gasteiger partial charge < -0.3 is 15.2 Å². The fraction of sp³-hybridized carbons (Fsp3) is 0.308. The molecule has 0 spiro atoms. The van der Waals surface area contributed by atoms with E-state index in [0.29, 0.717) is 24.7 Å². The van der Waals surface area contributed by atoms with E-state index in [-0.39, 0.29) is 6.03 Å². The van der Waals surface area contributed by atoms with Crippen LogP contribution in [0.4, 0.5) is 10.5 Å². The van der Waals surface area contributed by atoms with Crippen LogP contribution in [0.3, 0.4) is 0 Å². The van der Waals surface area contributed by atoms with E-state index in [4.69, 9.17) is 4.52 Å². The lowest BCUT2D eigenvalue weighted by atomic mass is 10.1. The van der Waals surface area contributed by atoms with E-state index >= 15 is 0 Å². The number of nitrogens with zero attached hydrogens (tertiary/aromatic N) is 2. The number of anilines is 1. The molecule has 2 N–H and O–H groups in total. The zero-order valence-electron chi connectivity index (χ0n) is 10.9. The quantitative estimate of drug-likeness (QED) is 0.882. The topological polar surface area (TPSA) is 80.0 Å². The molecule has 19 heavy (non-hydrogen) atoms. The summed E-state index contributed by atoms with van der Waals surface area (Å²) in [6.45, 7) is 4.22. The molecule has 1 heterocycles. The highest BCUT2D eigenvalue weighted by atomic mass is 16.5. The van der Waals surface area contributed by atoms with Gasteiger partial charge in [-0.15, -0.1) is 0 Å². The Morgan fingerprint density at radius 3 is 2.84 bits per heavy atom. The Morgan fingerprint density at radius 1 is 1.37 bits per heavy atom. The molecule has 0 aliphatic heterocycles. The van der Waals surface area contributed by atoms with E-state index in [2.05, 4.69) is 20.8 Å². The van der Waals surface area contributed by atoms with Gasteiger partial charge in [0.15, 0.2) is 5.82 Å². The molecule has 0 aliphatic rings. The summed E-state index contributed by atoms with van der Waals surface area (Å²) in [5.74, 6) is 1.13. The smallest absolute Gasteiger partial charge is 0.319 e. The lowest BCUT2D eigenvalue weighted by Crippen LogP contribution is -2.28. The van der Waals surface area contributed by atoms with E-state index in [0.717, 1.165) is 11.3 Å². The standard InChI is InChI=1S/C13H16N4O2/c1-3-14-13(18)16-11-7-5-4-6-10(11)8-12-15-9(2)17-19-12/h4-7H,3,8H2,1-2H3,(H2,14,16,18). The number of urea groups is 1. The first-order chi connectivity index (χ1) is 9.19. The van der Waals surface area contributed by atoms with Crippen LogP contribution in [0.2, 0.25) is 0 Å². The lowest BCUT2D eigenvalue weighted by molar-refractivity contribution is 0.252. The van der Waals surface area contributed by atoms with Crippen molar-refractivity contribution < 1.29 is 9.32 Å². The van der Waals surface area contributed by atoms with Gasteiger partial charge in [0.25, 0.3) is 0 Å². The Labute approximate surface area is 111 Å². The molecular weight excluding hydrogens is 244 g/mol. The molecule has 2 amide bonds. The summed E-state index contributed by atoms with van der Waals surface area (Å²) in [5, 5.41) is 9.23. The van der Waals surface area contributed by atoms with Crippen LogP contribution in [0.15, 0.2) is 28.8 Å². The fourth-order valence-electron chi connectivity index (χ4n) is 1.70. The maximum Gasteiger partial charge on any atom is 0.319 e. The molecule has 1 aromatic carbocycles. The number of amides is 2. The summed E-state index contributed by atoms with van der Waals surface area (Å²) in [5.41, 5.74) is 1.67. The third kappa shape index (κ3) is 3.54. The minimum absolute atomic E-state index is 0.225. The van der Waals surface area contributed by atoms with Crippen LogP contribution in [-0.2, 0) is 6.42 Å². The molecule has 6 heteroatoms. The van der Waals surface area contributed by atoms with Crippen LogP contribution in [0.1, 0.15) is 24.2 Å². The van der Waals surface area contributed by atoms with Crippen molar-refractivity contribution in [3.8, 4) is 0 Å². The average Bonchev–Trinajstić information content (AvgIpc) is 2.78. The summed E-state index contributed by atoms with van der Waals surface area (Å²) < 4.78 is 5.09. The Hall–Kier alpha value is -2.37. The Kier molecular flexibility index (Phi) is 4.12. The molecule has 0 radical (unpaired) electrons. The van der Waals surface area contributed by atoms with Crippen molar-refractivity contribution >= 4 is 11.7 Å². The van der Waals surface area contributed by atoms with Crippen molar-refractivity contribution in [3.05, 3.63) is 41.5 Å². The van der Waals surface area contributed by atoms with E-state index < -0.39 is 0 Å². The van der Waals surface area contributed by atoms with Crippen LogP contribution < -0.4 is 10.6 Å². The van der Waals surface area contributed by atoms with E-state index in [1.165, 1.54) is 0 Å². The Bertz CT molecular complexity index is 565. The van der Waals surface area contributed by atoms with Gasteiger partial charge in [-0.25, -0.2) is 4.79 Å². The predicted molar refractivity (Wildman–Crippen MR) is 71.0 cm³/mol. The van der Waals surface area contributed by atoms with Crippen molar-refractivity contribution in [3.63, 3.8) is 0 Å². The van der Waals surface area contributed by atoms with Gasteiger partial charge >= 0.3 is 6.03 Å². The summed E-state index contributed by atoms with van der Waals surface area (Å²) in [4.78, 5) is 15.7. The number of rotatable bonds is 4. The molecule has 0 saturated carbocycles. The Morgan fingerprint density at radius 2 is 2.16 bits per heavy atom. The highest BCUT2D eigenvalue weighted by Crippen LogP contribution is 2.18. The van der Waals surface area contributed by atoms with Gasteiger partial charge in [-0.05, 0) is 25.5 Å². The van der Waals surface area contributed by atoms with Crippen molar-refractivity contribution in [2.24, 2.45) is 0 Å².